The fraction of sp³-hybridized carbons (Fsp3) is 0.250. The molecule has 0 unspecified atom stereocenters. The second-order valence-corrected chi connectivity index (χ2v) is 7.17. The number of hydrogen-bond acceptors (Lipinski definition) is 4. The number of pyridine rings is 1. The van der Waals surface area contributed by atoms with Crippen LogP contribution < -0.4 is 10.1 Å². The van der Waals surface area contributed by atoms with Gasteiger partial charge in [-0.2, -0.15) is 5.10 Å². The molecule has 1 N–H and O–H groups in total. The number of likely N-dealkylation sites (tertiary alicyclic amines) is 1. The van der Waals surface area contributed by atoms with Crippen molar-refractivity contribution in [2.45, 2.75) is 18.9 Å². The van der Waals surface area contributed by atoms with Crippen LogP contribution >= 0.6 is 11.6 Å². The van der Waals surface area contributed by atoms with E-state index in [1.54, 1.807) is 41.6 Å². The van der Waals surface area contributed by atoms with Gasteiger partial charge in [0.2, 0.25) is 5.88 Å². The summed E-state index contributed by atoms with van der Waals surface area (Å²) in [7, 11) is 0. The topological polar surface area (TPSA) is 72.3 Å². The number of carbonyl (C=O) groups excluding carboxylic acids is 1. The quantitative estimate of drug-likeness (QED) is 0.668. The largest absolute Gasteiger partial charge is 0.439 e. The summed E-state index contributed by atoms with van der Waals surface area (Å²) in [5.41, 5.74) is 0.558. The van der Waals surface area contributed by atoms with E-state index in [1.165, 1.54) is 18.3 Å². The zero-order chi connectivity index (χ0) is 20.2. The summed E-state index contributed by atoms with van der Waals surface area (Å²) in [4.78, 5) is 18.4. The Bertz CT molecular complexity index is 987. The minimum atomic E-state index is -0.384. The maximum atomic E-state index is 13.2. The molecule has 7 nitrogen and oxygen atoms in total. The number of piperidine rings is 1. The van der Waals surface area contributed by atoms with Crippen LogP contribution in [0.2, 0.25) is 5.02 Å². The molecule has 1 aliphatic heterocycles. The van der Waals surface area contributed by atoms with Gasteiger partial charge in [0.25, 0.3) is 0 Å². The molecule has 0 radical (unpaired) electrons. The molecule has 29 heavy (non-hydrogen) atoms. The predicted octanol–water partition coefficient (Wildman–Crippen LogP) is 4.73. The van der Waals surface area contributed by atoms with Gasteiger partial charge in [-0.05, 0) is 31.0 Å². The first-order chi connectivity index (χ1) is 14.1. The number of amides is 2. The Morgan fingerprint density at radius 1 is 1.21 bits per heavy atom. The fourth-order valence-corrected chi connectivity index (χ4v) is 3.36. The van der Waals surface area contributed by atoms with Gasteiger partial charge in [0.15, 0.2) is 0 Å². The van der Waals surface area contributed by atoms with Crippen LogP contribution in [0.5, 0.6) is 11.6 Å². The first-order valence-electron chi connectivity index (χ1n) is 9.22. The van der Waals surface area contributed by atoms with Crippen molar-refractivity contribution in [1.29, 1.82) is 0 Å². The first kappa shape index (κ1) is 19.2. The zero-order valence-corrected chi connectivity index (χ0v) is 16.2. The average Bonchev–Trinajstić information content (AvgIpc) is 3.16. The van der Waals surface area contributed by atoms with Crippen LogP contribution in [0, 0.1) is 5.82 Å². The Hall–Kier alpha value is -3.13. The summed E-state index contributed by atoms with van der Waals surface area (Å²) in [6.45, 7) is 1.25. The number of aromatic nitrogens is 3. The summed E-state index contributed by atoms with van der Waals surface area (Å²) < 4.78 is 20.6. The molecule has 3 heterocycles. The van der Waals surface area contributed by atoms with Crippen LogP contribution in [0.25, 0.3) is 0 Å². The number of nitrogens with one attached hydrogen (secondary N) is 1. The van der Waals surface area contributed by atoms with Gasteiger partial charge >= 0.3 is 6.03 Å². The van der Waals surface area contributed by atoms with Crippen LogP contribution in [0.1, 0.15) is 18.9 Å². The summed E-state index contributed by atoms with van der Waals surface area (Å²) in [5, 5.41) is 7.69. The highest BCUT2D eigenvalue weighted by Gasteiger charge is 2.24. The first-order valence-corrected chi connectivity index (χ1v) is 9.60. The Labute approximate surface area is 172 Å². The van der Waals surface area contributed by atoms with E-state index in [0.717, 1.165) is 12.8 Å². The molecule has 2 aromatic heterocycles. The standard InChI is InChI=1S/C20H19ClFN5O2/c21-14-11-24-27(13-14)17-6-8-26(9-7-17)20(28)25-16-4-5-19(23-12-16)29-18-3-1-2-15(22)10-18/h1-5,10-13,17H,6-9H2,(H,25,28). The van der Waals surface area contributed by atoms with Gasteiger partial charge in [0, 0.05) is 31.4 Å². The minimum Gasteiger partial charge on any atom is -0.439 e. The molecule has 0 atom stereocenters. The van der Waals surface area contributed by atoms with Gasteiger partial charge in [0.1, 0.15) is 11.6 Å². The number of halogens is 2. The maximum Gasteiger partial charge on any atom is 0.321 e. The van der Waals surface area contributed by atoms with Crippen molar-refractivity contribution in [3.63, 3.8) is 0 Å². The smallest absolute Gasteiger partial charge is 0.321 e. The highest BCUT2D eigenvalue weighted by molar-refractivity contribution is 6.30. The van der Waals surface area contributed by atoms with Crippen LogP contribution in [-0.4, -0.2) is 38.8 Å². The molecule has 2 amide bonds. The van der Waals surface area contributed by atoms with Crippen molar-refractivity contribution in [2.24, 2.45) is 0 Å². The van der Waals surface area contributed by atoms with Crippen LogP contribution in [-0.2, 0) is 0 Å². The molecule has 1 saturated heterocycles. The lowest BCUT2D eigenvalue weighted by Crippen LogP contribution is -2.41. The molecule has 0 aliphatic carbocycles. The highest BCUT2D eigenvalue weighted by Crippen LogP contribution is 2.24. The van der Waals surface area contributed by atoms with E-state index in [1.807, 2.05) is 4.68 Å². The Morgan fingerprint density at radius 3 is 2.69 bits per heavy atom. The van der Waals surface area contributed by atoms with E-state index in [9.17, 15) is 9.18 Å². The van der Waals surface area contributed by atoms with E-state index in [2.05, 4.69) is 15.4 Å². The van der Waals surface area contributed by atoms with Crippen LogP contribution in [0.3, 0.4) is 0 Å². The van der Waals surface area contributed by atoms with Crippen molar-refractivity contribution in [2.75, 3.05) is 18.4 Å². The van der Waals surface area contributed by atoms with Crippen molar-refractivity contribution >= 4 is 23.3 Å². The number of anilines is 1. The van der Waals surface area contributed by atoms with Crippen molar-refractivity contribution < 1.29 is 13.9 Å². The van der Waals surface area contributed by atoms with Gasteiger partial charge in [-0.15, -0.1) is 0 Å². The molecule has 1 aromatic carbocycles. The summed E-state index contributed by atoms with van der Waals surface area (Å²) in [6.07, 6.45) is 6.55. The number of rotatable bonds is 4. The lowest BCUT2D eigenvalue weighted by atomic mass is 10.1. The Morgan fingerprint density at radius 2 is 2.03 bits per heavy atom. The third kappa shape index (κ3) is 4.83. The minimum absolute atomic E-state index is 0.178. The molecule has 3 aromatic rings. The lowest BCUT2D eigenvalue weighted by molar-refractivity contribution is 0.180. The van der Waals surface area contributed by atoms with Gasteiger partial charge < -0.3 is 15.0 Å². The van der Waals surface area contributed by atoms with Gasteiger partial charge in [-0.1, -0.05) is 17.7 Å². The second kappa shape index (κ2) is 8.48. The van der Waals surface area contributed by atoms with Gasteiger partial charge in [-0.25, -0.2) is 14.2 Å². The fourth-order valence-electron chi connectivity index (χ4n) is 3.22. The number of carbonyl (C=O) groups is 1. The highest BCUT2D eigenvalue weighted by atomic mass is 35.5. The molecule has 0 spiro atoms. The van der Waals surface area contributed by atoms with E-state index < -0.39 is 0 Å². The molecule has 0 bridgehead atoms. The number of hydrogen-bond donors (Lipinski definition) is 1. The predicted molar refractivity (Wildman–Crippen MR) is 107 cm³/mol. The Balaban J connectivity index is 1.29. The van der Waals surface area contributed by atoms with Crippen molar-refractivity contribution in [3.8, 4) is 11.6 Å². The third-order valence-corrected chi connectivity index (χ3v) is 4.90. The third-order valence-electron chi connectivity index (χ3n) is 4.70. The van der Waals surface area contributed by atoms with Crippen LogP contribution in [0.15, 0.2) is 55.0 Å². The molecule has 1 fully saturated rings. The summed E-state index contributed by atoms with van der Waals surface area (Å²) in [5.74, 6) is 0.286. The summed E-state index contributed by atoms with van der Waals surface area (Å²) in [6, 6.07) is 9.19. The monoisotopic (exact) mass is 415 g/mol. The number of benzene rings is 1. The van der Waals surface area contributed by atoms with Gasteiger partial charge in [-0.3, -0.25) is 4.68 Å². The number of nitrogens with zero attached hydrogens (tertiary/aromatic N) is 4. The van der Waals surface area contributed by atoms with E-state index in [-0.39, 0.29) is 17.9 Å². The molecular weight excluding hydrogens is 397 g/mol. The molecule has 0 saturated carbocycles. The zero-order valence-electron chi connectivity index (χ0n) is 15.5. The number of ether oxygens (including phenoxy) is 1. The average molecular weight is 416 g/mol. The number of urea groups is 1. The van der Waals surface area contributed by atoms with E-state index >= 15 is 0 Å². The molecular formula is C20H19ClFN5O2. The lowest BCUT2D eigenvalue weighted by Gasteiger charge is -2.32. The van der Waals surface area contributed by atoms with Crippen LogP contribution in [0.4, 0.5) is 14.9 Å². The Kier molecular flexibility index (Phi) is 5.62. The molecule has 9 heteroatoms. The second-order valence-electron chi connectivity index (χ2n) is 6.73. The summed E-state index contributed by atoms with van der Waals surface area (Å²) >= 11 is 5.92. The van der Waals surface area contributed by atoms with E-state index in [4.69, 9.17) is 16.3 Å². The van der Waals surface area contributed by atoms with Gasteiger partial charge in [0.05, 0.1) is 29.1 Å². The van der Waals surface area contributed by atoms with Crippen molar-refractivity contribution in [3.05, 3.63) is 65.8 Å². The molecule has 1 aliphatic rings. The van der Waals surface area contributed by atoms with Crippen molar-refractivity contribution in [1.82, 2.24) is 19.7 Å². The molecule has 150 valence electrons. The normalized spacial score (nSPS) is 14.6. The SMILES string of the molecule is O=C(Nc1ccc(Oc2cccc(F)c2)nc1)N1CCC(n2cc(Cl)cn2)CC1. The molecule has 4 rings (SSSR count). The maximum absolute atomic E-state index is 13.2. The van der Waals surface area contributed by atoms with E-state index in [0.29, 0.717) is 35.4 Å².